The highest BCUT2D eigenvalue weighted by molar-refractivity contribution is 5.84. The third-order valence-electron chi connectivity index (χ3n) is 6.47. The molecule has 5 nitrogen and oxygen atoms in total. The van der Waals surface area contributed by atoms with Crippen molar-refractivity contribution in [2.45, 2.75) is 32.9 Å². The highest BCUT2D eigenvalue weighted by Gasteiger charge is 2.18. The van der Waals surface area contributed by atoms with E-state index < -0.39 is 0 Å². The minimum atomic E-state index is 0.459. The Balaban J connectivity index is 1.50. The molecule has 1 atom stereocenters. The Hall–Kier alpha value is -3.62. The van der Waals surface area contributed by atoms with Crippen LogP contribution in [-0.4, -0.2) is 22.6 Å². The Kier molecular flexibility index (Phi) is 6.10. The van der Waals surface area contributed by atoms with E-state index >= 15 is 0 Å². The largest absolute Gasteiger partial charge is 0.472 e. The van der Waals surface area contributed by atoms with Crippen LogP contribution in [0.3, 0.4) is 0 Å². The van der Waals surface area contributed by atoms with Gasteiger partial charge in [-0.3, -0.25) is 0 Å². The van der Waals surface area contributed by atoms with Crippen LogP contribution in [0.15, 0.2) is 66.9 Å². The third-order valence-corrected chi connectivity index (χ3v) is 6.47. The standard InChI is InChI=1S/C28H28N4O/c1-2-20-3-5-22(6-4-20)19-33-28-25(24-9-7-21(16-29)8-10-24)15-27-26(31-28)12-14-32(27)18-23-11-13-30-17-23/h3-10,12,14-15,23,30H,2,11,13,17-19H2,1H3/t23-/m0/s1. The molecule has 0 aliphatic carbocycles. The molecule has 0 bridgehead atoms. The van der Waals surface area contributed by atoms with Gasteiger partial charge in [-0.05, 0) is 72.8 Å². The van der Waals surface area contributed by atoms with Gasteiger partial charge in [0.1, 0.15) is 6.61 Å². The number of fused-ring (bicyclic) bond motifs is 1. The molecule has 0 unspecified atom stereocenters. The summed E-state index contributed by atoms with van der Waals surface area (Å²) in [5.74, 6) is 1.26. The zero-order valence-electron chi connectivity index (χ0n) is 18.9. The number of hydrogen-bond acceptors (Lipinski definition) is 4. The summed E-state index contributed by atoms with van der Waals surface area (Å²) in [4.78, 5) is 4.91. The molecule has 1 aliphatic heterocycles. The molecule has 0 radical (unpaired) electrons. The molecular formula is C28H28N4O. The van der Waals surface area contributed by atoms with E-state index in [9.17, 15) is 5.26 Å². The number of nitrogens with one attached hydrogen (secondary N) is 1. The SMILES string of the molecule is CCc1ccc(COc2nc3ccn(C[C@H]4CCNC4)c3cc2-c2ccc(C#N)cc2)cc1. The first-order valence-corrected chi connectivity index (χ1v) is 11.6. The second-order valence-corrected chi connectivity index (χ2v) is 8.72. The molecule has 0 saturated carbocycles. The van der Waals surface area contributed by atoms with Gasteiger partial charge in [-0.15, -0.1) is 0 Å². The molecule has 0 amide bonds. The van der Waals surface area contributed by atoms with Gasteiger partial charge in [0.05, 0.1) is 22.7 Å². The Labute approximate surface area is 194 Å². The zero-order chi connectivity index (χ0) is 22.6. The van der Waals surface area contributed by atoms with Crippen LogP contribution in [0.1, 0.15) is 30.0 Å². The Morgan fingerprint density at radius 3 is 2.58 bits per heavy atom. The quantitative estimate of drug-likeness (QED) is 0.426. The molecule has 1 fully saturated rings. The van der Waals surface area contributed by atoms with Crippen molar-refractivity contribution in [2.24, 2.45) is 5.92 Å². The van der Waals surface area contributed by atoms with Crippen molar-refractivity contribution >= 4 is 11.0 Å². The van der Waals surface area contributed by atoms with Gasteiger partial charge in [-0.25, -0.2) is 4.98 Å². The Bertz CT molecular complexity index is 1280. The van der Waals surface area contributed by atoms with Crippen molar-refractivity contribution in [1.82, 2.24) is 14.9 Å². The average Bonchev–Trinajstić information content (AvgIpc) is 3.53. The number of pyridine rings is 1. The lowest BCUT2D eigenvalue weighted by Gasteiger charge is -2.14. The molecule has 1 saturated heterocycles. The smallest absolute Gasteiger partial charge is 0.222 e. The average molecular weight is 437 g/mol. The highest BCUT2D eigenvalue weighted by Crippen LogP contribution is 2.33. The summed E-state index contributed by atoms with van der Waals surface area (Å²) in [6.45, 7) is 5.75. The first-order valence-electron chi connectivity index (χ1n) is 11.6. The zero-order valence-corrected chi connectivity index (χ0v) is 18.9. The fourth-order valence-corrected chi connectivity index (χ4v) is 4.46. The molecule has 1 aliphatic rings. The number of rotatable bonds is 7. The summed E-state index contributed by atoms with van der Waals surface area (Å²) in [7, 11) is 0. The van der Waals surface area contributed by atoms with Gasteiger partial charge in [0.25, 0.3) is 0 Å². The minimum absolute atomic E-state index is 0.459. The molecule has 5 heteroatoms. The monoisotopic (exact) mass is 436 g/mol. The number of nitriles is 1. The van der Waals surface area contributed by atoms with Crippen molar-refractivity contribution < 1.29 is 4.74 Å². The van der Waals surface area contributed by atoms with Crippen molar-refractivity contribution in [2.75, 3.05) is 13.1 Å². The summed E-state index contributed by atoms with van der Waals surface area (Å²) in [5, 5.41) is 12.6. The fourth-order valence-electron chi connectivity index (χ4n) is 4.46. The normalized spacial score (nSPS) is 15.6. The second-order valence-electron chi connectivity index (χ2n) is 8.72. The molecular weight excluding hydrogens is 408 g/mol. The van der Waals surface area contributed by atoms with Gasteiger partial charge in [0.15, 0.2) is 0 Å². The molecule has 2 aromatic carbocycles. The molecule has 0 spiro atoms. The van der Waals surface area contributed by atoms with Crippen LogP contribution in [0.5, 0.6) is 5.88 Å². The van der Waals surface area contributed by atoms with E-state index in [4.69, 9.17) is 9.72 Å². The minimum Gasteiger partial charge on any atom is -0.472 e. The number of benzene rings is 2. The lowest BCUT2D eigenvalue weighted by molar-refractivity contribution is 0.296. The molecule has 4 aromatic rings. The summed E-state index contributed by atoms with van der Waals surface area (Å²) >= 11 is 0. The van der Waals surface area contributed by atoms with Gasteiger partial charge in [-0.1, -0.05) is 43.3 Å². The van der Waals surface area contributed by atoms with Crippen LogP contribution in [0.2, 0.25) is 0 Å². The molecule has 33 heavy (non-hydrogen) atoms. The first kappa shape index (κ1) is 21.2. The van der Waals surface area contributed by atoms with Gasteiger partial charge in [0, 0.05) is 18.3 Å². The van der Waals surface area contributed by atoms with Crippen molar-refractivity contribution in [3.8, 4) is 23.1 Å². The third kappa shape index (κ3) is 4.62. The van der Waals surface area contributed by atoms with Gasteiger partial charge >= 0.3 is 0 Å². The summed E-state index contributed by atoms with van der Waals surface area (Å²) < 4.78 is 8.57. The molecule has 3 heterocycles. The number of aromatic nitrogens is 2. The maximum absolute atomic E-state index is 9.19. The van der Waals surface area contributed by atoms with E-state index in [2.05, 4.69) is 65.5 Å². The topological polar surface area (TPSA) is 62.9 Å². The Morgan fingerprint density at radius 1 is 1.09 bits per heavy atom. The second kappa shape index (κ2) is 9.48. The summed E-state index contributed by atoms with van der Waals surface area (Å²) in [6, 6.07) is 22.6. The van der Waals surface area contributed by atoms with Gasteiger partial charge in [0.2, 0.25) is 5.88 Å². The number of hydrogen-bond donors (Lipinski definition) is 1. The lowest BCUT2D eigenvalue weighted by atomic mass is 10.0. The van der Waals surface area contributed by atoms with Crippen LogP contribution < -0.4 is 10.1 Å². The van der Waals surface area contributed by atoms with Crippen molar-refractivity contribution in [3.05, 3.63) is 83.6 Å². The number of aryl methyl sites for hydroxylation is 1. The number of ether oxygens (including phenoxy) is 1. The van der Waals surface area contributed by atoms with Crippen LogP contribution >= 0.6 is 0 Å². The number of nitrogens with zero attached hydrogens (tertiary/aromatic N) is 3. The first-order chi connectivity index (χ1) is 16.2. The maximum atomic E-state index is 9.19. The molecule has 166 valence electrons. The summed E-state index contributed by atoms with van der Waals surface area (Å²) in [5.41, 5.74) is 7.07. The van der Waals surface area contributed by atoms with E-state index in [1.165, 1.54) is 12.0 Å². The molecule has 2 aromatic heterocycles. The Morgan fingerprint density at radius 2 is 1.88 bits per heavy atom. The van der Waals surface area contributed by atoms with E-state index in [1.807, 2.05) is 24.3 Å². The summed E-state index contributed by atoms with van der Waals surface area (Å²) in [6.07, 6.45) is 4.36. The fraction of sp³-hybridized carbons (Fsp3) is 0.286. The van der Waals surface area contributed by atoms with E-state index in [1.54, 1.807) is 0 Å². The van der Waals surface area contributed by atoms with Crippen LogP contribution in [0.25, 0.3) is 22.2 Å². The molecule has 5 rings (SSSR count). The highest BCUT2D eigenvalue weighted by atomic mass is 16.5. The van der Waals surface area contributed by atoms with Crippen LogP contribution in [0, 0.1) is 17.2 Å². The van der Waals surface area contributed by atoms with Crippen molar-refractivity contribution in [1.29, 1.82) is 5.26 Å². The van der Waals surface area contributed by atoms with E-state index in [0.29, 0.717) is 24.0 Å². The van der Waals surface area contributed by atoms with E-state index in [-0.39, 0.29) is 0 Å². The lowest BCUT2D eigenvalue weighted by Crippen LogP contribution is -2.14. The van der Waals surface area contributed by atoms with Gasteiger partial charge < -0.3 is 14.6 Å². The van der Waals surface area contributed by atoms with Crippen LogP contribution in [0.4, 0.5) is 0 Å². The predicted octanol–water partition coefficient (Wildman–Crippen LogP) is 5.33. The van der Waals surface area contributed by atoms with Gasteiger partial charge in [-0.2, -0.15) is 5.26 Å². The maximum Gasteiger partial charge on any atom is 0.222 e. The van der Waals surface area contributed by atoms with Crippen molar-refractivity contribution in [3.63, 3.8) is 0 Å². The van der Waals surface area contributed by atoms with Crippen LogP contribution in [-0.2, 0) is 19.6 Å². The molecule has 1 N–H and O–H groups in total. The van der Waals surface area contributed by atoms with E-state index in [0.717, 1.165) is 53.8 Å². The predicted molar refractivity (Wildman–Crippen MR) is 131 cm³/mol.